The molecule has 0 saturated carbocycles. The normalized spacial score (nSPS) is 10.9. The van der Waals surface area contributed by atoms with Gasteiger partial charge >= 0.3 is 0 Å². The van der Waals surface area contributed by atoms with Gasteiger partial charge < -0.3 is 10.1 Å². The largest absolute Gasteiger partial charge is 0.475 e. The number of nitrogens with zero attached hydrogens (tertiary/aromatic N) is 2. The van der Waals surface area contributed by atoms with E-state index in [1.165, 1.54) is 6.33 Å². The third-order valence-electron chi connectivity index (χ3n) is 2.28. The number of halogens is 1. The van der Waals surface area contributed by atoms with Crippen molar-refractivity contribution >= 4 is 0 Å². The lowest BCUT2D eigenvalue weighted by Crippen LogP contribution is -2.24. The number of hydrogen-bond acceptors (Lipinski definition) is 4. The molecule has 5 heteroatoms. The second kappa shape index (κ2) is 7.17. The van der Waals surface area contributed by atoms with Crippen LogP contribution in [0.1, 0.15) is 32.9 Å². The topological polar surface area (TPSA) is 47.0 Å². The lowest BCUT2D eigenvalue weighted by Gasteiger charge is -2.09. The van der Waals surface area contributed by atoms with Gasteiger partial charge in [-0.3, -0.25) is 0 Å². The molecule has 0 radical (unpaired) electrons. The Hall–Kier alpha value is -1.23. The van der Waals surface area contributed by atoms with Gasteiger partial charge in [-0.2, -0.15) is 9.37 Å². The lowest BCUT2D eigenvalue weighted by atomic mass is 10.3. The second-order valence-electron chi connectivity index (χ2n) is 4.10. The summed E-state index contributed by atoms with van der Waals surface area (Å²) in [5, 5.41) is 3.26. The van der Waals surface area contributed by atoms with Crippen LogP contribution in [0.5, 0.6) is 5.88 Å². The van der Waals surface area contributed by atoms with Crippen LogP contribution < -0.4 is 10.1 Å². The zero-order valence-electron chi connectivity index (χ0n) is 10.7. The number of nitrogens with one attached hydrogen (secondary N) is 1. The minimum atomic E-state index is -0.438. The van der Waals surface area contributed by atoms with E-state index in [0.717, 1.165) is 13.0 Å². The molecule has 1 aromatic rings. The van der Waals surface area contributed by atoms with Crippen LogP contribution in [0.2, 0.25) is 0 Å². The van der Waals surface area contributed by atoms with Gasteiger partial charge in [0.2, 0.25) is 5.82 Å². The Kier molecular flexibility index (Phi) is 5.83. The van der Waals surface area contributed by atoms with E-state index in [9.17, 15) is 4.39 Å². The Morgan fingerprint density at radius 3 is 2.82 bits per heavy atom. The molecule has 1 heterocycles. The SMILES string of the molecule is CCc1ncnc(OCCCNC(C)C)c1F. The average molecular weight is 241 g/mol. The van der Waals surface area contributed by atoms with Gasteiger partial charge in [0.1, 0.15) is 6.33 Å². The highest BCUT2D eigenvalue weighted by Gasteiger charge is 2.10. The monoisotopic (exact) mass is 241 g/mol. The van der Waals surface area contributed by atoms with Crippen LogP contribution in [0.15, 0.2) is 6.33 Å². The van der Waals surface area contributed by atoms with E-state index in [2.05, 4.69) is 29.1 Å². The molecule has 0 aliphatic heterocycles. The zero-order valence-corrected chi connectivity index (χ0v) is 10.7. The van der Waals surface area contributed by atoms with Gasteiger partial charge in [0.05, 0.1) is 12.3 Å². The number of rotatable bonds is 7. The third kappa shape index (κ3) is 4.65. The van der Waals surface area contributed by atoms with Crippen molar-refractivity contribution < 1.29 is 9.13 Å². The fraction of sp³-hybridized carbons (Fsp3) is 0.667. The van der Waals surface area contributed by atoms with Crippen molar-refractivity contribution in [3.63, 3.8) is 0 Å². The maximum atomic E-state index is 13.6. The lowest BCUT2D eigenvalue weighted by molar-refractivity contribution is 0.277. The quantitative estimate of drug-likeness (QED) is 0.741. The van der Waals surface area contributed by atoms with Crippen LogP contribution in [0.25, 0.3) is 0 Å². The average Bonchev–Trinajstić information content (AvgIpc) is 2.30. The van der Waals surface area contributed by atoms with E-state index in [4.69, 9.17) is 4.74 Å². The molecule has 0 unspecified atom stereocenters. The molecule has 0 aliphatic carbocycles. The van der Waals surface area contributed by atoms with E-state index in [-0.39, 0.29) is 5.88 Å². The number of ether oxygens (including phenoxy) is 1. The molecule has 0 fully saturated rings. The number of aryl methyl sites for hydroxylation is 1. The van der Waals surface area contributed by atoms with Crippen molar-refractivity contribution in [3.8, 4) is 5.88 Å². The molecule has 17 heavy (non-hydrogen) atoms. The minimum absolute atomic E-state index is 0.0568. The van der Waals surface area contributed by atoms with Crippen molar-refractivity contribution in [1.29, 1.82) is 0 Å². The molecule has 1 aromatic heterocycles. The van der Waals surface area contributed by atoms with Crippen LogP contribution in [-0.2, 0) is 6.42 Å². The molecule has 0 bridgehead atoms. The van der Waals surface area contributed by atoms with Gasteiger partial charge in [0.15, 0.2) is 0 Å². The van der Waals surface area contributed by atoms with Crippen LogP contribution >= 0.6 is 0 Å². The molecule has 0 amide bonds. The molecular weight excluding hydrogens is 221 g/mol. The number of hydrogen-bond donors (Lipinski definition) is 1. The van der Waals surface area contributed by atoms with Crippen molar-refractivity contribution in [3.05, 3.63) is 17.8 Å². The summed E-state index contributed by atoms with van der Waals surface area (Å²) in [5.41, 5.74) is 0.398. The van der Waals surface area contributed by atoms with Crippen molar-refractivity contribution in [2.45, 2.75) is 39.7 Å². The first-order chi connectivity index (χ1) is 8.15. The molecule has 0 aliphatic rings. The molecule has 0 aromatic carbocycles. The first kappa shape index (κ1) is 13.8. The summed E-state index contributed by atoms with van der Waals surface area (Å²) < 4.78 is 18.9. The van der Waals surface area contributed by atoms with Crippen molar-refractivity contribution in [1.82, 2.24) is 15.3 Å². The van der Waals surface area contributed by atoms with Gasteiger partial charge in [-0.15, -0.1) is 0 Å². The summed E-state index contributed by atoms with van der Waals surface area (Å²) >= 11 is 0. The summed E-state index contributed by atoms with van der Waals surface area (Å²) in [6.07, 6.45) is 2.70. The van der Waals surface area contributed by atoms with Crippen molar-refractivity contribution in [2.75, 3.05) is 13.2 Å². The Morgan fingerprint density at radius 2 is 2.18 bits per heavy atom. The summed E-state index contributed by atoms with van der Waals surface area (Å²) in [7, 11) is 0. The first-order valence-electron chi connectivity index (χ1n) is 6.00. The third-order valence-corrected chi connectivity index (χ3v) is 2.28. The van der Waals surface area contributed by atoms with Gasteiger partial charge in [0, 0.05) is 6.04 Å². The molecular formula is C12H20FN3O. The highest BCUT2D eigenvalue weighted by Crippen LogP contribution is 2.15. The van der Waals surface area contributed by atoms with Gasteiger partial charge in [0.25, 0.3) is 5.88 Å². The molecule has 0 saturated heterocycles. The maximum Gasteiger partial charge on any atom is 0.253 e. The molecule has 4 nitrogen and oxygen atoms in total. The smallest absolute Gasteiger partial charge is 0.253 e. The van der Waals surface area contributed by atoms with Gasteiger partial charge in [-0.25, -0.2) is 4.98 Å². The minimum Gasteiger partial charge on any atom is -0.475 e. The zero-order chi connectivity index (χ0) is 12.7. The standard InChI is InChI=1S/C12H20FN3O/c1-4-10-11(13)12(16-8-15-10)17-7-5-6-14-9(2)3/h8-9,14H,4-7H2,1-3H3. The molecule has 1 N–H and O–H groups in total. The van der Waals surface area contributed by atoms with E-state index in [1.54, 1.807) is 0 Å². The van der Waals surface area contributed by atoms with Crippen molar-refractivity contribution in [2.24, 2.45) is 0 Å². The summed E-state index contributed by atoms with van der Waals surface area (Å²) in [6.45, 7) is 7.32. The summed E-state index contributed by atoms with van der Waals surface area (Å²) in [6, 6.07) is 0.456. The summed E-state index contributed by atoms with van der Waals surface area (Å²) in [5.74, 6) is -0.381. The van der Waals surface area contributed by atoms with Gasteiger partial charge in [-0.1, -0.05) is 20.8 Å². The first-order valence-corrected chi connectivity index (χ1v) is 6.00. The van der Waals surface area contributed by atoms with E-state index < -0.39 is 5.82 Å². The molecule has 0 atom stereocenters. The maximum absolute atomic E-state index is 13.6. The Balaban J connectivity index is 2.36. The van der Waals surface area contributed by atoms with Crippen LogP contribution in [0, 0.1) is 5.82 Å². The Morgan fingerprint density at radius 1 is 1.41 bits per heavy atom. The van der Waals surface area contributed by atoms with Crippen LogP contribution in [-0.4, -0.2) is 29.2 Å². The van der Waals surface area contributed by atoms with Gasteiger partial charge in [-0.05, 0) is 19.4 Å². The Labute approximate surface area is 102 Å². The van der Waals surface area contributed by atoms with E-state index in [1.807, 2.05) is 6.92 Å². The predicted octanol–water partition coefficient (Wildman–Crippen LogP) is 1.94. The molecule has 0 spiro atoms. The number of aromatic nitrogens is 2. The Bertz CT molecular complexity index is 345. The predicted molar refractivity (Wildman–Crippen MR) is 64.6 cm³/mol. The molecule has 1 rings (SSSR count). The highest BCUT2D eigenvalue weighted by atomic mass is 19.1. The summed E-state index contributed by atoms with van der Waals surface area (Å²) in [4.78, 5) is 7.64. The van der Waals surface area contributed by atoms with E-state index >= 15 is 0 Å². The van der Waals surface area contributed by atoms with Crippen LogP contribution in [0.4, 0.5) is 4.39 Å². The fourth-order valence-corrected chi connectivity index (χ4v) is 1.37. The highest BCUT2D eigenvalue weighted by molar-refractivity contribution is 5.16. The van der Waals surface area contributed by atoms with E-state index in [0.29, 0.717) is 24.8 Å². The molecule has 96 valence electrons. The fourth-order valence-electron chi connectivity index (χ4n) is 1.37. The second-order valence-corrected chi connectivity index (χ2v) is 4.10. The van der Waals surface area contributed by atoms with Crippen LogP contribution in [0.3, 0.4) is 0 Å².